The fourth-order valence-corrected chi connectivity index (χ4v) is 1.13. The Kier molecular flexibility index (Phi) is 3.11. The molecule has 3 N–H and O–H groups in total. The molecule has 0 heterocycles. The Morgan fingerprint density at radius 3 is 2.69 bits per heavy atom. The van der Waals surface area contributed by atoms with Gasteiger partial charge in [0.2, 0.25) is 0 Å². The Hall–Kier alpha value is -1.26. The van der Waals surface area contributed by atoms with Crippen LogP contribution in [0, 0.1) is 0 Å². The van der Waals surface area contributed by atoms with E-state index in [-0.39, 0.29) is 11.8 Å². The molecule has 72 valence electrons. The van der Waals surface area contributed by atoms with Crippen molar-refractivity contribution in [3.63, 3.8) is 0 Å². The van der Waals surface area contributed by atoms with Gasteiger partial charge in [-0.3, -0.25) is 0 Å². The lowest BCUT2D eigenvalue weighted by Crippen LogP contribution is -2.13. The van der Waals surface area contributed by atoms with Crippen molar-refractivity contribution < 1.29 is 15.1 Å². The van der Waals surface area contributed by atoms with E-state index in [2.05, 4.69) is 5.48 Å². The van der Waals surface area contributed by atoms with E-state index >= 15 is 0 Å². The van der Waals surface area contributed by atoms with E-state index in [0.717, 1.165) is 5.56 Å². The van der Waals surface area contributed by atoms with Crippen molar-refractivity contribution in [1.82, 2.24) is 5.48 Å². The van der Waals surface area contributed by atoms with E-state index in [4.69, 9.17) is 15.1 Å². The van der Waals surface area contributed by atoms with E-state index in [1.807, 2.05) is 0 Å². The molecule has 0 fully saturated rings. The van der Waals surface area contributed by atoms with Gasteiger partial charge in [0.25, 0.3) is 0 Å². The first kappa shape index (κ1) is 9.83. The second kappa shape index (κ2) is 4.11. The minimum absolute atomic E-state index is 0.144. The van der Waals surface area contributed by atoms with Crippen molar-refractivity contribution in [2.24, 2.45) is 0 Å². The highest BCUT2D eigenvalue weighted by molar-refractivity contribution is 5.41. The quantitative estimate of drug-likeness (QED) is 0.620. The van der Waals surface area contributed by atoms with Crippen LogP contribution in [0.2, 0.25) is 0 Å². The summed E-state index contributed by atoms with van der Waals surface area (Å²) in [5.74, 6) is 0.694. The van der Waals surface area contributed by atoms with E-state index in [0.29, 0.717) is 5.75 Å². The molecule has 0 aliphatic carbocycles. The zero-order valence-corrected chi connectivity index (χ0v) is 7.61. The maximum atomic E-state index is 9.16. The molecule has 1 aromatic rings. The van der Waals surface area contributed by atoms with Crippen molar-refractivity contribution in [3.8, 4) is 11.5 Å². The van der Waals surface area contributed by atoms with Gasteiger partial charge in [-0.2, -0.15) is 5.48 Å². The lowest BCUT2D eigenvalue weighted by molar-refractivity contribution is 0.132. The standard InChI is InChI=1S/C9H13NO3/c1-6(10-12)8-4-3-7(11)5-9(8)13-2/h3-6,10-12H,1-2H3. The van der Waals surface area contributed by atoms with E-state index in [1.165, 1.54) is 13.2 Å². The number of phenols is 1. The third kappa shape index (κ3) is 2.11. The number of ether oxygens (including phenoxy) is 1. The number of phenolic OH excluding ortho intramolecular Hbond substituents is 1. The number of aromatic hydroxyl groups is 1. The first-order chi connectivity index (χ1) is 6.19. The normalized spacial score (nSPS) is 12.5. The maximum absolute atomic E-state index is 9.16. The largest absolute Gasteiger partial charge is 0.508 e. The van der Waals surface area contributed by atoms with Crippen molar-refractivity contribution in [2.45, 2.75) is 13.0 Å². The predicted molar refractivity (Wildman–Crippen MR) is 48.0 cm³/mol. The van der Waals surface area contributed by atoms with E-state index < -0.39 is 0 Å². The van der Waals surface area contributed by atoms with Crippen molar-refractivity contribution in [2.75, 3.05) is 7.11 Å². The first-order valence-electron chi connectivity index (χ1n) is 3.95. The molecule has 0 aliphatic heterocycles. The molecule has 1 unspecified atom stereocenters. The van der Waals surface area contributed by atoms with Crippen LogP contribution in [0.1, 0.15) is 18.5 Å². The topological polar surface area (TPSA) is 61.7 Å². The van der Waals surface area contributed by atoms with Crippen LogP contribution in [0.25, 0.3) is 0 Å². The van der Waals surface area contributed by atoms with Crippen molar-refractivity contribution in [3.05, 3.63) is 23.8 Å². The number of hydrogen-bond donors (Lipinski definition) is 3. The zero-order chi connectivity index (χ0) is 9.84. The zero-order valence-electron chi connectivity index (χ0n) is 7.61. The van der Waals surface area contributed by atoms with Gasteiger partial charge in [0, 0.05) is 11.6 Å². The van der Waals surface area contributed by atoms with E-state index in [9.17, 15) is 0 Å². The smallest absolute Gasteiger partial charge is 0.127 e. The van der Waals surface area contributed by atoms with Gasteiger partial charge in [-0.25, -0.2) is 0 Å². The van der Waals surface area contributed by atoms with Crippen molar-refractivity contribution in [1.29, 1.82) is 0 Å². The molecular formula is C9H13NO3. The molecule has 0 amide bonds. The summed E-state index contributed by atoms with van der Waals surface area (Å²) >= 11 is 0. The molecule has 0 saturated carbocycles. The summed E-state index contributed by atoms with van der Waals surface area (Å²) < 4.78 is 5.04. The van der Waals surface area contributed by atoms with Crippen LogP contribution in [-0.4, -0.2) is 17.4 Å². The third-order valence-electron chi connectivity index (χ3n) is 1.88. The van der Waals surface area contributed by atoms with Crippen LogP contribution < -0.4 is 10.2 Å². The molecule has 1 rings (SSSR count). The van der Waals surface area contributed by atoms with Crippen LogP contribution in [0.15, 0.2) is 18.2 Å². The summed E-state index contributed by atoms with van der Waals surface area (Å²) in [6, 6.07) is 4.52. The molecule has 4 heteroatoms. The van der Waals surface area contributed by atoms with Gasteiger partial charge in [-0.15, -0.1) is 0 Å². The number of hydroxylamine groups is 1. The molecule has 13 heavy (non-hydrogen) atoms. The van der Waals surface area contributed by atoms with Crippen LogP contribution in [0.4, 0.5) is 0 Å². The first-order valence-corrected chi connectivity index (χ1v) is 3.95. The van der Waals surface area contributed by atoms with Crippen molar-refractivity contribution >= 4 is 0 Å². The highest BCUT2D eigenvalue weighted by atomic mass is 16.5. The number of benzene rings is 1. The van der Waals surface area contributed by atoms with Crippen LogP contribution in [-0.2, 0) is 0 Å². The second-order valence-electron chi connectivity index (χ2n) is 2.78. The van der Waals surface area contributed by atoms with Crippen LogP contribution in [0.5, 0.6) is 11.5 Å². The fraction of sp³-hybridized carbons (Fsp3) is 0.333. The predicted octanol–water partition coefficient (Wildman–Crippen LogP) is 1.44. The fourth-order valence-electron chi connectivity index (χ4n) is 1.13. The summed E-state index contributed by atoms with van der Waals surface area (Å²) in [5, 5.41) is 17.9. The molecule has 1 aromatic carbocycles. The Labute approximate surface area is 76.7 Å². The second-order valence-corrected chi connectivity index (χ2v) is 2.78. The maximum Gasteiger partial charge on any atom is 0.127 e. The summed E-state index contributed by atoms with van der Waals surface area (Å²) in [5.41, 5.74) is 2.91. The Morgan fingerprint density at radius 2 is 2.15 bits per heavy atom. The molecule has 0 saturated heterocycles. The summed E-state index contributed by atoms with van der Waals surface area (Å²) in [6.45, 7) is 1.79. The Balaban J connectivity index is 3.05. The third-order valence-corrected chi connectivity index (χ3v) is 1.88. The molecule has 4 nitrogen and oxygen atoms in total. The monoisotopic (exact) mass is 183 g/mol. The lowest BCUT2D eigenvalue weighted by Gasteiger charge is -2.13. The van der Waals surface area contributed by atoms with E-state index in [1.54, 1.807) is 19.1 Å². The van der Waals surface area contributed by atoms with Gasteiger partial charge in [0.1, 0.15) is 11.5 Å². The molecular weight excluding hydrogens is 170 g/mol. The van der Waals surface area contributed by atoms with Gasteiger partial charge in [-0.1, -0.05) is 6.07 Å². The molecule has 0 aliphatic rings. The Morgan fingerprint density at radius 1 is 1.46 bits per heavy atom. The van der Waals surface area contributed by atoms with Gasteiger partial charge in [-0.05, 0) is 13.0 Å². The van der Waals surface area contributed by atoms with Crippen LogP contribution in [0.3, 0.4) is 0 Å². The van der Waals surface area contributed by atoms with Gasteiger partial charge in [0.15, 0.2) is 0 Å². The minimum Gasteiger partial charge on any atom is -0.508 e. The van der Waals surface area contributed by atoms with Gasteiger partial charge < -0.3 is 15.1 Å². The average Bonchev–Trinajstić information content (AvgIpc) is 2.16. The highest BCUT2D eigenvalue weighted by Gasteiger charge is 2.10. The lowest BCUT2D eigenvalue weighted by atomic mass is 10.1. The van der Waals surface area contributed by atoms with Crippen LogP contribution >= 0.6 is 0 Å². The summed E-state index contributed by atoms with van der Waals surface area (Å²) in [4.78, 5) is 0. The van der Waals surface area contributed by atoms with Gasteiger partial charge in [0.05, 0.1) is 13.2 Å². The average molecular weight is 183 g/mol. The SMILES string of the molecule is COc1cc(O)ccc1C(C)NO. The number of rotatable bonds is 3. The molecule has 1 atom stereocenters. The number of methoxy groups -OCH3 is 1. The highest BCUT2D eigenvalue weighted by Crippen LogP contribution is 2.28. The summed E-state index contributed by atoms with van der Waals surface area (Å²) in [6.07, 6.45) is 0. The molecule has 0 bridgehead atoms. The number of hydrogen-bond acceptors (Lipinski definition) is 4. The minimum atomic E-state index is -0.226. The Bertz CT molecular complexity index is 288. The molecule has 0 aromatic heterocycles. The molecule has 0 spiro atoms. The molecule has 0 radical (unpaired) electrons. The number of nitrogens with one attached hydrogen (secondary N) is 1. The van der Waals surface area contributed by atoms with Gasteiger partial charge >= 0.3 is 0 Å². The summed E-state index contributed by atoms with van der Waals surface area (Å²) in [7, 11) is 1.52.